The van der Waals surface area contributed by atoms with Gasteiger partial charge in [-0.25, -0.2) is 0 Å². The first-order valence-corrected chi connectivity index (χ1v) is 6.94. The number of aryl methyl sites for hydroxylation is 1. The molecule has 0 aromatic heterocycles. The van der Waals surface area contributed by atoms with Crippen LogP contribution in [-0.2, 0) is 0 Å². The molecule has 1 aromatic carbocycles. The first-order chi connectivity index (χ1) is 9.87. The predicted molar refractivity (Wildman–Crippen MR) is 79.5 cm³/mol. The van der Waals surface area contributed by atoms with Gasteiger partial charge in [0, 0.05) is 24.1 Å². The number of carbonyl (C=O) groups excluding carboxylic acids is 1. The van der Waals surface area contributed by atoms with Crippen molar-refractivity contribution in [2.75, 3.05) is 13.1 Å². The molecule has 1 fully saturated rings. The topological polar surface area (TPSA) is 99.2 Å². The van der Waals surface area contributed by atoms with E-state index in [1.54, 1.807) is 24.0 Å². The molecule has 0 aliphatic carbocycles. The molecule has 1 aromatic rings. The highest BCUT2D eigenvalue weighted by atomic mass is 16.4. The zero-order valence-corrected chi connectivity index (χ0v) is 12.3. The van der Waals surface area contributed by atoms with Crippen LogP contribution in [0.4, 0.5) is 0 Å². The highest BCUT2D eigenvalue weighted by Crippen LogP contribution is 2.31. The number of carbonyl (C=O) groups is 1. The van der Waals surface area contributed by atoms with Crippen molar-refractivity contribution in [3.05, 3.63) is 29.3 Å². The standard InChI is InChI=1S/C15H21N3O3/c1-10-9-11(3-4-12(10)19)13(20)18-7-5-15(2,6-8-18)14(16)17-21/h3-4,9,19,21H,5-8H2,1-2H3,(H2,16,17). The summed E-state index contributed by atoms with van der Waals surface area (Å²) in [5.74, 6) is 0.347. The molecule has 0 bridgehead atoms. The Morgan fingerprint density at radius 2 is 2.00 bits per heavy atom. The van der Waals surface area contributed by atoms with Crippen LogP contribution < -0.4 is 5.73 Å². The third-order valence-electron chi connectivity index (χ3n) is 4.32. The molecule has 21 heavy (non-hydrogen) atoms. The molecule has 1 aliphatic rings. The fourth-order valence-corrected chi connectivity index (χ4v) is 2.55. The average molecular weight is 291 g/mol. The number of phenols is 1. The van der Waals surface area contributed by atoms with Gasteiger partial charge >= 0.3 is 0 Å². The number of benzene rings is 1. The number of rotatable bonds is 2. The number of phenolic OH excluding ortho intramolecular Hbond substituents is 1. The smallest absolute Gasteiger partial charge is 0.253 e. The van der Waals surface area contributed by atoms with Crippen LogP contribution in [0.15, 0.2) is 23.4 Å². The van der Waals surface area contributed by atoms with Crippen molar-refractivity contribution >= 4 is 11.7 Å². The van der Waals surface area contributed by atoms with E-state index in [1.165, 1.54) is 6.07 Å². The Kier molecular flexibility index (Phi) is 4.06. The van der Waals surface area contributed by atoms with Gasteiger partial charge in [-0.2, -0.15) is 0 Å². The third-order valence-corrected chi connectivity index (χ3v) is 4.32. The summed E-state index contributed by atoms with van der Waals surface area (Å²) < 4.78 is 0. The molecule has 4 N–H and O–H groups in total. The second-order valence-electron chi connectivity index (χ2n) is 5.84. The van der Waals surface area contributed by atoms with Gasteiger partial charge in [-0.1, -0.05) is 12.1 Å². The maximum atomic E-state index is 12.4. The highest BCUT2D eigenvalue weighted by Gasteiger charge is 2.35. The second kappa shape index (κ2) is 5.63. The number of oxime groups is 1. The van der Waals surface area contributed by atoms with Gasteiger partial charge in [0.2, 0.25) is 0 Å². The van der Waals surface area contributed by atoms with Gasteiger partial charge in [0.25, 0.3) is 5.91 Å². The van der Waals surface area contributed by atoms with E-state index in [0.717, 1.165) is 0 Å². The Bertz CT molecular complexity index is 576. The Morgan fingerprint density at radius 1 is 1.38 bits per heavy atom. The van der Waals surface area contributed by atoms with Crippen LogP contribution in [0, 0.1) is 12.3 Å². The van der Waals surface area contributed by atoms with Gasteiger partial charge in [-0.15, -0.1) is 0 Å². The van der Waals surface area contributed by atoms with E-state index < -0.39 is 0 Å². The monoisotopic (exact) mass is 291 g/mol. The molecular formula is C15H21N3O3. The summed E-state index contributed by atoms with van der Waals surface area (Å²) in [4.78, 5) is 14.2. The van der Waals surface area contributed by atoms with Crippen molar-refractivity contribution in [1.82, 2.24) is 4.90 Å². The molecule has 6 nitrogen and oxygen atoms in total. The van der Waals surface area contributed by atoms with Gasteiger partial charge in [0.1, 0.15) is 11.6 Å². The molecule has 0 saturated carbocycles. The molecule has 1 heterocycles. The summed E-state index contributed by atoms with van der Waals surface area (Å²) in [6.07, 6.45) is 1.32. The minimum absolute atomic E-state index is 0.0559. The summed E-state index contributed by atoms with van der Waals surface area (Å²) in [5.41, 5.74) is 6.60. The van der Waals surface area contributed by atoms with Crippen molar-refractivity contribution in [1.29, 1.82) is 0 Å². The number of hydrogen-bond acceptors (Lipinski definition) is 4. The van der Waals surface area contributed by atoms with E-state index in [4.69, 9.17) is 10.9 Å². The minimum atomic E-state index is -0.365. The number of nitrogens with zero attached hydrogens (tertiary/aromatic N) is 2. The van der Waals surface area contributed by atoms with Crippen LogP contribution in [0.3, 0.4) is 0 Å². The summed E-state index contributed by atoms with van der Waals surface area (Å²) in [5, 5.41) is 21.4. The zero-order chi connectivity index (χ0) is 15.6. The largest absolute Gasteiger partial charge is 0.508 e. The predicted octanol–water partition coefficient (Wildman–Crippen LogP) is 1.69. The summed E-state index contributed by atoms with van der Waals surface area (Å²) >= 11 is 0. The van der Waals surface area contributed by atoms with Gasteiger partial charge < -0.3 is 20.9 Å². The summed E-state index contributed by atoms with van der Waals surface area (Å²) in [6, 6.07) is 4.85. The van der Waals surface area contributed by atoms with Crippen molar-refractivity contribution in [3.63, 3.8) is 0 Å². The molecule has 0 unspecified atom stereocenters. The maximum absolute atomic E-state index is 12.4. The van der Waals surface area contributed by atoms with E-state index in [1.807, 2.05) is 6.92 Å². The summed E-state index contributed by atoms with van der Waals surface area (Å²) in [7, 11) is 0. The molecule has 0 radical (unpaired) electrons. The van der Waals surface area contributed by atoms with Gasteiger partial charge in [0.05, 0.1) is 0 Å². The number of piperidine rings is 1. The molecule has 1 aliphatic heterocycles. The molecule has 1 saturated heterocycles. The quantitative estimate of drug-likeness (QED) is 0.334. The second-order valence-corrected chi connectivity index (χ2v) is 5.84. The first-order valence-electron chi connectivity index (χ1n) is 6.94. The Balaban J connectivity index is 2.08. The molecule has 0 spiro atoms. The molecule has 6 heteroatoms. The summed E-state index contributed by atoms with van der Waals surface area (Å²) in [6.45, 7) is 4.82. The lowest BCUT2D eigenvalue weighted by Gasteiger charge is -2.38. The fraction of sp³-hybridized carbons (Fsp3) is 0.467. The number of amidine groups is 1. The molecule has 0 atom stereocenters. The maximum Gasteiger partial charge on any atom is 0.253 e. The number of nitrogens with two attached hydrogens (primary N) is 1. The van der Waals surface area contributed by atoms with Crippen LogP contribution in [-0.4, -0.2) is 40.0 Å². The van der Waals surface area contributed by atoms with E-state index in [-0.39, 0.29) is 22.9 Å². The van der Waals surface area contributed by atoms with E-state index in [0.29, 0.717) is 37.1 Å². The number of aromatic hydroxyl groups is 1. The third kappa shape index (κ3) is 2.94. The van der Waals surface area contributed by atoms with Crippen molar-refractivity contribution in [3.8, 4) is 5.75 Å². The first kappa shape index (κ1) is 15.2. The van der Waals surface area contributed by atoms with Crippen LogP contribution in [0.2, 0.25) is 0 Å². The SMILES string of the molecule is Cc1cc(C(=O)N2CCC(C)(/C(N)=N/O)CC2)ccc1O. The van der Waals surface area contributed by atoms with Crippen LogP contribution >= 0.6 is 0 Å². The molecule has 114 valence electrons. The van der Waals surface area contributed by atoms with Gasteiger partial charge in [-0.05, 0) is 43.5 Å². The van der Waals surface area contributed by atoms with Crippen LogP contribution in [0.5, 0.6) is 5.75 Å². The Morgan fingerprint density at radius 3 is 2.52 bits per heavy atom. The Hall–Kier alpha value is -2.24. The van der Waals surface area contributed by atoms with Crippen molar-refractivity contribution in [2.45, 2.75) is 26.7 Å². The number of amides is 1. The molecule has 1 amide bonds. The number of likely N-dealkylation sites (tertiary alicyclic amines) is 1. The number of hydrogen-bond donors (Lipinski definition) is 3. The normalized spacial score (nSPS) is 18.6. The molecular weight excluding hydrogens is 270 g/mol. The average Bonchev–Trinajstić information content (AvgIpc) is 2.49. The highest BCUT2D eigenvalue weighted by molar-refractivity contribution is 5.95. The van der Waals surface area contributed by atoms with Crippen molar-refractivity contribution in [2.24, 2.45) is 16.3 Å². The molecule has 2 rings (SSSR count). The van der Waals surface area contributed by atoms with Crippen molar-refractivity contribution < 1.29 is 15.1 Å². The van der Waals surface area contributed by atoms with E-state index in [9.17, 15) is 9.90 Å². The minimum Gasteiger partial charge on any atom is -0.508 e. The Labute approximate surface area is 123 Å². The zero-order valence-electron chi connectivity index (χ0n) is 12.3. The van der Waals surface area contributed by atoms with E-state index in [2.05, 4.69) is 5.16 Å². The fourth-order valence-electron chi connectivity index (χ4n) is 2.55. The van der Waals surface area contributed by atoms with E-state index >= 15 is 0 Å². The van der Waals surface area contributed by atoms with Crippen LogP contribution in [0.25, 0.3) is 0 Å². The van der Waals surface area contributed by atoms with Gasteiger partial charge in [-0.3, -0.25) is 4.79 Å². The lowest BCUT2D eigenvalue weighted by atomic mass is 9.79. The lowest BCUT2D eigenvalue weighted by Crippen LogP contribution is -2.47. The lowest BCUT2D eigenvalue weighted by molar-refractivity contribution is 0.0666. The van der Waals surface area contributed by atoms with Gasteiger partial charge in [0.15, 0.2) is 0 Å². The van der Waals surface area contributed by atoms with Crippen LogP contribution in [0.1, 0.15) is 35.7 Å².